The fourth-order valence-corrected chi connectivity index (χ4v) is 5.17. The van der Waals surface area contributed by atoms with Crippen molar-refractivity contribution >= 4 is 21.6 Å². The molecule has 0 bridgehead atoms. The fourth-order valence-electron chi connectivity index (χ4n) is 3.84. The van der Waals surface area contributed by atoms with Gasteiger partial charge < -0.3 is 4.90 Å². The molecule has 1 N–H and O–H groups in total. The zero-order chi connectivity index (χ0) is 20.4. The molecule has 0 unspecified atom stereocenters. The maximum Gasteiger partial charge on any atom is 0.247 e. The van der Waals surface area contributed by atoms with Gasteiger partial charge in [0, 0.05) is 30.8 Å². The molecule has 2 aromatic carbocycles. The molecule has 0 saturated carbocycles. The minimum atomic E-state index is -4.19. The Hall–Kier alpha value is -2.77. The molecule has 0 amide bonds. The van der Waals surface area contributed by atoms with Gasteiger partial charge in [0.25, 0.3) is 0 Å². The summed E-state index contributed by atoms with van der Waals surface area (Å²) < 4.78 is 28.9. The van der Waals surface area contributed by atoms with Gasteiger partial charge in [0.2, 0.25) is 21.6 Å². The summed E-state index contributed by atoms with van der Waals surface area (Å²) in [5.74, 6) is -1.02. The molecule has 29 heavy (non-hydrogen) atoms. The molecule has 1 heterocycles. The number of fused-ring (bicyclic) bond motifs is 1. The highest BCUT2D eigenvalue weighted by atomic mass is 32.2. The molecule has 2 aliphatic rings. The van der Waals surface area contributed by atoms with Gasteiger partial charge in [-0.1, -0.05) is 54.6 Å². The van der Waals surface area contributed by atoms with Crippen LogP contribution >= 0.6 is 0 Å². The van der Waals surface area contributed by atoms with Crippen LogP contribution in [0, 0.1) is 0 Å². The van der Waals surface area contributed by atoms with Crippen molar-refractivity contribution in [2.45, 2.75) is 25.8 Å². The number of rotatable bonds is 5. The van der Waals surface area contributed by atoms with Crippen molar-refractivity contribution in [3.8, 4) is 0 Å². The number of nitrogens with one attached hydrogen (secondary N) is 1. The second-order valence-electron chi connectivity index (χ2n) is 7.24. The number of Topliss-reactive ketones (excluding diaryl/α,β-unsaturated/α-hetero) is 2. The molecule has 4 rings (SSSR count). The lowest BCUT2D eigenvalue weighted by molar-refractivity contribution is 0.0939. The molecule has 1 fully saturated rings. The Balaban J connectivity index is 1.78. The maximum atomic E-state index is 13.2. The van der Waals surface area contributed by atoms with Gasteiger partial charge in [-0.05, 0) is 24.8 Å². The van der Waals surface area contributed by atoms with Crippen molar-refractivity contribution in [3.05, 3.63) is 81.9 Å². The predicted molar refractivity (Wildman–Crippen MR) is 110 cm³/mol. The van der Waals surface area contributed by atoms with Crippen LogP contribution in [0.3, 0.4) is 0 Å². The minimum absolute atomic E-state index is 0.00830. The van der Waals surface area contributed by atoms with Crippen LogP contribution in [0.25, 0.3) is 0 Å². The van der Waals surface area contributed by atoms with Gasteiger partial charge >= 0.3 is 0 Å². The summed E-state index contributed by atoms with van der Waals surface area (Å²) in [6, 6.07) is 15.5. The summed E-state index contributed by atoms with van der Waals surface area (Å²) in [6.07, 6.45) is 2.74. The Bertz CT molecular complexity index is 1080. The summed E-state index contributed by atoms with van der Waals surface area (Å²) in [5.41, 5.74) is 1.18. The number of likely N-dealkylation sites (tertiary alicyclic amines) is 1. The van der Waals surface area contributed by atoms with E-state index >= 15 is 0 Å². The first-order valence-corrected chi connectivity index (χ1v) is 11.2. The van der Waals surface area contributed by atoms with Crippen molar-refractivity contribution in [2.75, 3.05) is 13.1 Å². The van der Waals surface area contributed by atoms with Gasteiger partial charge in [0.15, 0.2) is 4.91 Å². The molecule has 0 aromatic heterocycles. The van der Waals surface area contributed by atoms with Crippen molar-refractivity contribution in [2.24, 2.45) is 0 Å². The van der Waals surface area contributed by atoms with Crippen LogP contribution in [-0.2, 0) is 16.6 Å². The van der Waals surface area contributed by atoms with E-state index in [9.17, 15) is 18.0 Å². The molecule has 0 radical (unpaired) electrons. The lowest BCUT2D eigenvalue weighted by Crippen LogP contribution is -2.41. The zero-order valence-corrected chi connectivity index (χ0v) is 16.7. The molecule has 150 valence electrons. The van der Waals surface area contributed by atoms with Crippen LogP contribution in [0.15, 0.2) is 65.2 Å². The summed E-state index contributed by atoms with van der Waals surface area (Å²) >= 11 is 0. The highest BCUT2D eigenvalue weighted by molar-refractivity contribution is 7.94. The van der Waals surface area contributed by atoms with Gasteiger partial charge in [-0.3, -0.25) is 9.59 Å². The van der Waals surface area contributed by atoms with Crippen LogP contribution in [0.5, 0.6) is 0 Å². The topological polar surface area (TPSA) is 83.6 Å². The lowest BCUT2D eigenvalue weighted by Gasteiger charge is -2.33. The Morgan fingerprint density at radius 2 is 1.38 bits per heavy atom. The molecular weight excluding hydrogens is 388 g/mol. The number of benzene rings is 2. The summed E-state index contributed by atoms with van der Waals surface area (Å²) in [6.45, 7) is 1.17. The van der Waals surface area contributed by atoms with Gasteiger partial charge in [-0.15, -0.1) is 0 Å². The molecule has 1 aliphatic heterocycles. The molecule has 1 saturated heterocycles. The summed E-state index contributed by atoms with van der Waals surface area (Å²) in [4.78, 5) is 27.8. The van der Waals surface area contributed by atoms with E-state index in [0.717, 1.165) is 24.8 Å². The third kappa shape index (κ3) is 3.75. The zero-order valence-electron chi connectivity index (χ0n) is 15.9. The van der Waals surface area contributed by atoms with Gasteiger partial charge in [-0.25, -0.2) is 13.1 Å². The Morgan fingerprint density at radius 3 is 2.03 bits per heavy atom. The van der Waals surface area contributed by atoms with Gasteiger partial charge in [0.05, 0.1) is 0 Å². The second kappa shape index (κ2) is 7.93. The number of sulfonamides is 1. The monoisotopic (exact) mass is 410 g/mol. The molecule has 1 aliphatic carbocycles. The predicted octanol–water partition coefficient (Wildman–Crippen LogP) is 2.88. The molecule has 0 spiro atoms. The van der Waals surface area contributed by atoms with E-state index in [2.05, 4.69) is 4.72 Å². The minimum Gasteiger partial charge on any atom is -0.367 e. The van der Waals surface area contributed by atoms with Crippen LogP contribution in [-0.4, -0.2) is 38.0 Å². The van der Waals surface area contributed by atoms with Crippen molar-refractivity contribution in [1.29, 1.82) is 0 Å². The number of hydrogen-bond donors (Lipinski definition) is 1. The average molecular weight is 410 g/mol. The number of carbonyl (C=O) groups excluding carboxylic acids is 2. The lowest BCUT2D eigenvalue weighted by atomic mass is 9.91. The standard InChI is InChI=1S/C22H22N2O4S/c25-20-17-11-5-6-12-18(17)21(26)22(19(20)24-13-7-2-8-14-24)29(27,28)23-15-16-9-3-1-4-10-16/h1,3-6,9-12,23H,2,7-8,13-15H2. The Morgan fingerprint density at radius 1 is 0.793 bits per heavy atom. The average Bonchev–Trinajstić information content (AvgIpc) is 2.76. The number of nitrogens with zero attached hydrogens (tertiary/aromatic N) is 1. The second-order valence-corrected chi connectivity index (χ2v) is 8.94. The highest BCUT2D eigenvalue weighted by Gasteiger charge is 2.41. The number of piperidine rings is 1. The molecule has 0 atom stereocenters. The Labute approximate surface area is 170 Å². The number of carbonyl (C=O) groups is 2. The molecular formula is C22H22N2O4S. The van der Waals surface area contributed by atoms with E-state index in [1.54, 1.807) is 35.2 Å². The molecule has 7 heteroatoms. The normalized spacial score (nSPS) is 17.4. The van der Waals surface area contributed by atoms with Crippen LogP contribution in [0.4, 0.5) is 0 Å². The number of allylic oxidation sites excluding steroid dienone is 2. The van der Waals surface area contributed by atoms with E-state index in [1.807, 2.05) is 18.2 Å². The SMILES string of the molecule is O=C1C(N2CCCCC2)=C(S(=O)(=O)NCc2ccccc2)C(=O)c2ccccc21. The number of ketones is 2. The first-order chi connectivity index (χ1) is 14.0. The van der Waals surface area contributed by atoms with Gasteiger partial charge in [-0.2, -0.15) is 0 Å². The van der Waals surface area contributed by atoms with Crippen LogP contribution in [0.1, 0.15) is 45.5 Å². The smallest absolute Gasteiger partial charge is 0.247 e. The van der Waals surface area contributed by atoms with Crippen LogP contribution in [0.2, 0.25) is 0 Å². The van der Waals surface area contributed by atoms with Gasteiger partial charge in [0.1, 0.15) is 5.70 Å². The summed E-state index contributed by atoms with van der Waals surface area (Å²) in [5, 5.41) is 0. The third-order valence-corrected chi connectivity index (χ3v) is 6.74. The van der Waals surface area contributed by atoms with E-state index in [-0.39, 0.29) is 23.4 Å². The van der Waals surface area contributed by atoms with E-state index in [1.165, 1.54) is 6.07 Å². The highest BCUT2D eigenvalue weighted by Crippen LogP contribution is 2.32. The van der Waals surface area contributed by atoms with Crippen LogP contribution < -0.4 is 4.72 Å². The maximum absolute atomic E-state index is 13.2. The van der Waals surface area contributed by atoms with E-state index in [0.29, 0.717) is 13.1 Å². The quantitative estimate of drug-likeness (QED) is 0.820. The molecule has 2 aromatic rings. The third-order valence-electron chi connectivity index (χ3n) is 5.30. The molecule has 6 nitrogen and oxygen atoms in total. The first-order valence-electron chi connectivity index (χ1n) is 9.70. The largest absolute Gasteiger partial charge is 0.367 e. The van der Waals surface area contributed by atoms with Crippen molar-refractivity contribution in [3.63, 3.8) is 0 Å². The number of hydrogen-bond acceptors (Lipinski definition) is 5. The van der Waals surface area contributed by atoms with Crippen molar-refractivity contribution in [1.82, 2.24) is 9.62 Å². The summed E-state index contributed by atoms with van der Waals surface area (Å²) in [7, 11) is -4.19. The fraction of sp³-hybridized carbons (Fsp3) is 0.273. The van der Waals surface area contributed by atoms with E-state index < -0.39 is 26.5 Å². The Kier molecular flexibility index (Phi) is 5.34. The van der Waals surface area contributed by atoms with Crippen molar-refractivity contribution < 1.29 is 18.0 Å². The first kappa shape index (κ1) is 19.5. The van der Waals surface area contributed by atoms with E-state index in [4.69, 9.17) is 0 Å².